The fourth-order valence-corrected chi connectivity index (χ4v) is 2.75. The molecular weight excluding hydrogens is 328 g/mol. The smallest absolute Gasteiger partial charge is 0.340 e. The number of carbonyl (C=O) groups is 1. The van der Waals surface area contributed by atoms with Crippen LogP contribution in [0.25, 0.3) is 0 Å². The highest BCUT2D eigenvalue weighted by atomic mass is 35.5. The van der Waals surface area contributed by atoms with Crippen molar-refractivity contribution in [1.82, 2.24) is 4.98 Å². The lowest BCUT2D eigenvalue weighted by Crippen LogP contribution is -2.13. The monoisotopic (exact) mass is 340 g/mol. The van der Waals surface area contributed by atoms with E-state index in [0.29, 0.717) is 5.56 Å². The molecule has 0 atom stereocenters. The molecule has 0 aliphatic heterocycles. The van der Waals surface area contributed by atoms with E-state index >= 15 is 0 Å². The lowest BCUT2D eigenvalue weighted by Gasteiger charge is -2.11. The van der Waals surface area contributed by atoms with Crippen LogP contribution in [0.3, 0.4) is 0 Å². The van der Waals surface area contributed by atoms with Gasteiger partial charge in [0.2, 0.25) is 5.91 Å². The number of nitrogens with one attached hydrogen (secondary N) is 1. The molecule has 2 aromatic rings. The molecule has 116 valence electrons. The second-order valence-electron chi connectivity index (χ2n) is 4.49. The summed E-state index contributed by atoms with van der Waals surface area (Å²) in [5.74, 6) is -0.317. The van der Waals surface area contributed by atoms with E-state index in [0.717, 1.165) is 6.20 Å². The number of aromatic nitrogens is 1. The second kappa shape index (κ2) is 6.33. The van der Waals surface area contributed by atoms with Crippen LogP contribution in [-0.2, 0) is 14.9 Å². The summed E-state index contributed by atoms with van der Waals surface area (Å²) in [5, 5.41) is 2.72. The van der Waals surface area contributed by atoms with Crippen LogP contribution in [0.1, 0.15) is 12.5 Å². The van der Waals surface area contributed by atoms with Crippen molar-refractivity contribution in [1.29, 1.82) is 0 Å². The number of aryl methyl sites for hydroxylation is 1. The molecule has 0 radical (unpaired) electrons. The molecular formula is C14H13ClN2O4S. The first kappa shape index (κ1) is 16.3. The van der Waals surface area contributed by atoms with Crippen molar-refractivity contribution in [3.05, 3.63) is 47.2 Å². The summed E-state index contributed by atoms with van der Waals surface area (Å²) in [6.45, 7) is 2.96. The number of hydrogen-bond acceptors (Lipinski definition) is 5. The Kier molecular flexibility index (Phi) is 4.68. The molecule has 22 heavy (non-hydrogen) atoms. The van der Waals surface area contributed by atoms with E-state index < -0.39 is 10.1 Å². The van der Waals surface area contributed by atoms with E-state index in [1.54, 1.807) is 19.1 Å². The minimum Gasteiger partial charge on any atom is -0.377 e. The summed E-state index contributed by atoms with van der Waals surface area (Å²) in [4.78, 5) is 14.8. The average Bonchev–Trinajstić information content (AvgIpc) is 2.43. The maximum absolute atomic E-state index is 12.3. The predicted molar refractivity (Wildman–Crippen MR) is 82.5 cm³/mol. The molecule has 6 nitrogen and oxygen atoms in total. The zero-order chi connectivity index (χ0) is 16.3. The van der Waals surface area contributed by atoms with Crippen LogP contribution < -0.4 is 9.50 Å². The Hall–Kier alpha value is -2.12. The molecule has 1 amide bonds. The Morgan fingerprint density at radius 3 is 2.64 bits per heavy atom. The topological polar surface area (TPSA) is 85.4 Å². The van der Waals surface area contributed by atoms with Crippen molar-refractivity contribution in [2.45, 2.75) is 18.7 Å². The van der Waals surface area contributed by atoms with Gasteiger partial charge in [0.1, 0.15) is 10.0 Å². The molecule has 1 aromatic heterocycles. The molecule has 0 spiro atoms. The number of rotatable bonds is 4. The Bertz CT molecular complexity index is 821. The Balaban J connectivity index is 2.36. The highest BCUT2D eigenvalue weighted by Gasteiger charge is 2.20. The molecule has 0 aliphatic carbocycles. The van der Waals surface area contributed by atoms with Gasteiger partial charge in [0.05, 0.1) is 11.9 Å². The van der Waals surface area contributed by atoms with Gasteiger partial charge in [-0.05, 0) is 30.7 Å². The van der Waals surface area contributed by atoms with Crippen LogP contribution in [0.2, 0.25) is 5.15 Å². The van der Waals surface area contributed by atoms with Crippen molar-refractivity contribution in [2.75, 3.05) is 5.32 Å². The van der Waals surface area contributed by atoms with Gasteiger partial charge in [-0.3, -0.25) is 4.79 Å². The standard InChI is InChI=1S/C14H13ClN2O4S/c1-9-7-11(8-16-14(9)15)22(19,20)21-13-6-4-3-5-12(13)17-10(2)18/h3-8H,1-2H3,(H,17,18). The molecule has 1 heterocycles. The van der Waals surface area contributed by atoms with Gasteiger partial charge in [0, 0.05) is 6.92 Å². The summed E-state index contributed by atoms with van der Waals surface area (Å²) in [5.41, 5.74) is 0.777. The third kappa shape index (κ3) is 3.75. The first-order valence-electron chi connectivity index (χ1n) is 6.23. The fourth-order valence-electron chi connectivity index (χ4n) is 1.67. The summed E-state index contributed by atoms with van der Waals surface area (Å²) in [6, 6.07) is 7.60. The Morgan fingerprint density at radius 1 is 1.32 bits per heavy atom. The van der Waals surface area contributed by atoms with Gasteiger partial charge in [-0.25, -0.2) is 4.98 Å². The summed E-state index contributed by atoms with van der Waals surface area (Å²) in [7, 11) is -4.08. The normalized spacial score (nSPS) is 11.0. The van der Waals surface area contributed by atoms with Crippen LogP contribution in [-0.4, -0.2) is 19.3 Å². The van der Waals surface area contributed by atoms with E-state index in [4.69, 9.17) is 15.8 Å². The maximum Gasteiger partial charge on any atom is 0.340 e. The second-order valence-corrected chi connectivity index (χ2v) is 6.40. The molecule has 0 unspecified atom stereocenters. The van der Waals surface area contributed by atoms with E-state index in [1.807, 2.05) is 0 Å². The number of amides is 1. The lowest BCUT2D eigenvalue weighted by atomic mass is 10.3. The van der Waals surface area contributed by atoms with Gasteiger partial charge in [-0.2, -0.15) is 8.42 Å². The summed E-state index contributed by atoms with van der Waals surface area (Å²) >= 11 is 5.78. The van der Waals surface area contributed by atoms with Crippen molar-refractivity contribution in [3.8, 4) is 5.75 Å². The number of nitrogens with zero attached hydrogens (tertiary/aromatic N) is 1. The van der Waals surface area contributed by atoms with Crippen LogP contribution in [0.5, 0.6) is 5.75 Å². The van der Waals surface area contributed by atoms with Gasteiger partial charge in [0.25, 0.3) is 0 Å². The minimum atomic E-state index is -4.08. The van der Waals surface area contributed by atoms with E-state index in [-0.39, 0.29) is 27.4 Å². The quantitative estimate of drug-likeness (QED) is 0.683. The number of pyridine rings is 1. The van der Waals surface area contributed by atoms with Gasteiger partial charge < -0.3 is 9.50 Å². The number of anilines is 1. The molecule has 2 rings (SSSR count). The molecule has 0 saturated carbocycles. The zero-order valence-electron chi connectivity index (χ0n) is 11.8. The molecule has 0 fully saturated rings. The Labute approximate surface area is 133 Å². The fraction of sp³-hybridized carbons (Fsp3) is 0.143. The van der Waals surface area contributed by atoms with E-state index in [9.17, 15) is 13.2 Å². The zero-order valence-corrected chi connectivity index (χ0v) is 13.4. The highest BCUT2D eigenvalue weighted by molar-refractivity contribution is 7.87. The number of hydrogen-bond donors (Lipinski definition) is 1. The summed E-state index contributed by atoms with van der Waals surface area (Å²) in [6.07, 6.45) is 1.12. The molecule has 1 aromatic carbocycles. The molecule has 1 N–H and O–H groups in total. The first-order valence-corrected chi connectivity index (χ1v) is 8.01. The Morgan fingerprint density at radius 2 is 2.00 bits per heavy atom. The third-order valence-corrected chi connectivity index (χ3v) is 4.27. The van der Waals surface area contributed by atoms with Crippen molar-refractivity contribution in [2.24, 2.45) is 0 Å². The van der Waals surface area contributed by atoms with E-state index in [1.165, 1.54) is 25.1 Å². The maximum atomic E-state index is 12.3. The molecule has 0 bridgehead atoms. The predicted octanol–water partition coefficient (Wildman–Crippen LogP) is 2.77. The number of halogens is 1. The molecule has 8 heteroatoms. The van der Waals surface area contributed by atoms with Gasteiger partial charge in [0.15, 0.2) is 5.75 Å². The van der Waals surface area contributed by atoms with Crippen LogP contribution in [0.4, 0.5) is 5.69 Å². The number of carbonyl (C=O) groups excluding carboxylic acids is 1. The van der Waals surface area contributed by atoms with Crippen LogP contribution in [0.15, 0.2) is 41.4 Å². The van der Waals surface area contributed by atoms with Gasteiger partial charge in [-0.1, -0.05) is 23.7 Å². The highest BCUT2D eigenvalue weighted by Crippen LogP contribution is 2.27. The SMILES string of the molecule is CC(=O)Nc1ccccc1OS(=O)(=O)c1cnc(Cl)c(C)c1. The third-order valence-electron chi connectivity index (χ3n) is 2.68. The van der Waals surface area contributed by atoms with Crippen molar-refractivity contribution >= 4 is 33.3 Å². The molecule has 0 aliphatic rings. The van der Waals surface area contributed by atoms with Crippen LogP contribution in [0, 0.1) is 6.92 Å². The summed E-state index contributed by atoms with van der Waals surface area (Å²) < 4.78 is 29.7. The van der Waals surface area contributed by atoms with Gasteiger partial charge in [-0.15, -0.1) is 0 Å². The van der Waals surface area contributed by atoms with Crippen molar-refractivity contribution < 1.29 is 17.4 Å². The van der Waals surface area contributed by atoms with Crippen LogP contribution >= 0.6 is 11.6 Å². The largest absolute Gasteiger partial charge is 0.377 e. The van der Waals surface area contributed by atoms with E-state index in [2.05, 4.69) is 10.3 Å². The average molecular weight is 341 g/mol. The molecule has 0 saturated heterocycles. The number of benzene rings is 1. The van der Waals surface area contributed by atoms with Gasteiger partial charge >= 0.3 is 10.1 Å². The number of para-hydroxylation sites is 2. The first-order chi connectivity index (χ1) is 10.3. The minimum absolute atomic E-state index is 0.0188. The van der Waals surface area contributed by atoms with Crippen molar-refractivity contribution in [3.63, 3.8) is 0 Å². The lowest BCUT2D eigenvalue weighted by molar-refractivity contribution is -0.114.